The molecule has 0 aliphatic heterocycles. The molecular weight excluding hydrogens is 236 g/mol. The molecule has 0 radical (unpaired) electrons. The lowest BCUT2D eigenvalue weighted by Gasteiger charge is -2.02. The molecule has 17 heavy (non-hydrogen) atoms. The number of aromatic amines is 1. The first-order valence-electron chi connectivity index (χ1n) is 5.14. The summed E-state index contributed by atoms with van der Waals surface area (Å²) in [6.07, 6.45) is 5.11. The molecule has 3 rings (SSSR count). The highest BCUT2D eigenvalue weighted by molar-refractivity contribution is 6.30. The van der Waals surface area contributed by atoms with Crippen LogP contribution in [0.25, 0.3) is 16.9 Å². The number of nitrogens with zero attached hydrogens (tertiary/aromatic N) is 3. The molecule has 0 saturated carbocycles. The largest absolute Gasteiger partial charge is 0.261 e. The van der Waals surface area contributed by atoms with Gasteiger partial charge in [-0.25, -0.2) is 4.68 Å². The predicted molar refractivity (Wildman–Crippen MR) is 66.2 cm³/mol. The van der Waals surface area contributed by atoms with Gasteiger partial charge in [0.1, 0.15) is 0 Å². The normalized spacial score (nSPS) is 10.6. The van der Waals surface area contributed by atoms with Crippen molar-refractivity contribution in [1.29, 1.82) is 0 Å². The minimum absolute atomic E-state index is 0.596. The van der Waals surface area contributed by atoms with E-state index in [-0.39, 0.29) is 0 Å². The fourth-order valence-electron chi connectivity index (χ4n) is 1.71. The SMILES string of the molecule is Clc1cnn(-c2[nH]ncc2-c2ccccc2)c1. The summed E-state index contributed by atoms with van der Waals surface area (Å²) >= 11 is 5.86. The fraction of sp³-hybridized carbons (Fsp3) is 0. The predicted octanol–water partition coefficient (Wildman–Crippen LogP) is 2.92. The third-order valence-electron chi connectivity index (χ3n) is 2.48. The van der Waals surface area contributed by atoms with Crippen molar-refractivity contribution in [3.63, 3.8) is 0 Å². The highest BCUT2D eigenvalue weighted by Gasteiger charge is 2.09. The number of benzene rings is 1. The van der Waals surface area contributed by atoms with Gasteiger partial charge < -0.3 is 0 Å². The quantitative estimate of drug-likeness (QED) is 0.753. The maximum atomic E-state index is 5.86. The number of H-pyrrole nitrogens is 1. The van der Waals surface area contributed by atoms with Gasteiger partial charge in [0.25, 0.3) is 0 Å². The monoisotopic (exact) mass is 244 g/mol. The van der Waals surface area contributed by atoms with E-state index >= 15 is 0 Å². The lowest BCUT2D eigenvalue weighted by atomic mass is 10.1. The molecule has 1 aromatic carbocycles. The molecule has 5 heteroatoms. The number of hydrogen-bond donors (Lipinski definition) is 1. The summed E-state index contributed by atoms with van der Waals surface area (Å²) in [4.78, 5) is 0. The highest BCUT2D eigenvalue weighted by atomic mass is 35.5. The van der Waals surface area contributed by atoms with Crippen LogP contribution in [0.3, 0.4) is 0 Å². The van der Waals surface area contributed by atoms with E-state index in [1.165, 1.54) is 0 Å². The van der Waals surface area contributed by atoms with Crippen LogP contribution >= 0.6 is 11.6 Å². The lowest BCUT2D eigenvalue weighted by molar-refractivity contribution is 0.837. The van der Waals surface area contributed by atoms with Gasteiger partial charge in [-0.05, 0) is 5.56 Å². The Kier molecular flexibility index (Phi) is 2.42. The molecule has 0 bridgehead atoms. The Hall–Kier alpha value is -2.07. The number of halogens is 1. The number of rotatable bonds is 2. The van der Waals surface area contributed by atoms with E-state index in [0.717, 1.165) is 16.9 Å². The molecule has 0 unspecified atom stereocenters. The van der Waals surface area contributed by atoms with Crippen LogP contribution in [-0.2, 0) is 0 Å². The first kappa shape index (κ1) is 10.1. The van der Waals surface area contributed by atoms with Crippen LogP contribution in [0.15, 0.2) is 48.9 Å². The highest BCUT2D eigenvalue weighted by Crippen LogP contribution is 2.24. The minimum Gasteiger partial charge on any atom is -0.261 e. The van der Waals surface area contributed by atoms with Gasteiger partial charge in [-0.15, -0.1) is 0 Å². The summed E-state index contributed by atoms with van der Waals surface area (Å²) < 4.78 is 1.68. The van der Waals surface area contributed by atoms with Crippen LogP contribution < -0.4 is 0 Å². The molecule has 0 amide bonds. The zero-order valence-electron chi connectivity index (χ0n) is 8.84. The maximum Gasteiger partial charge on any atom is 0.157 e. The Bertz CT molecular complexity index is 627. The van der Waals surface area contributed by atoms with E-state index in [2.05, 4.69) is 15.3 Å². The summed E-state index contributed by atoms with van der Waals surface area (Å²) in [5, 5.41) is 11.7. The molecule has 0 aliphatic carbocycles. The molecule has 0 saturated heterocycles. The van der Waals surface area contributed by atoms with E-state index in [1.807, 2.05) is 30.3 Å². The summed E-state index contributed by atoms with van der Waals surface area (Å²) in [5.41, 5.74) is 2.08. The molecule has 2 heterocycles. The topological polar surface area (TPSA) is 46.5 Å². The lowest BCUT2D eigenvalue weighted by Crippen LogP contribution is -1.96. The van der Waals surface area contributed by atoms with E-state index in [4.69, 9.17) is 11.6 Å². The van der Waals surface area contributed by atoms with Crippen molar-refractivity contribution in [3.05, 3.63) is 53.9 Å². The van der Waals surface area contributed by atoms with Crippen molar-refractivity contribution in [2.75, 3.05) is 0 Å². The fourth-order valence-corrected chi connectivity index (χ4v) is 1.84. The van der Waals surface area contributed by atoms with E-state index in [1.54, 1.807) is 23.3 Å². The van der Waals surface area contributed by atoms with Crippen molar-refractivity contribution in [2.45, 2.75) is 0 Å². The smallest absolute Gasteiger partial charge is 0.157 e. The van der Waals surface area contributed by atoms with E-state index < -0.39 is 0 Å². The van der Waals surface area contributed by atoms with Crippen molar-refractivity contribution in [2.24, 2.45) is 0 Å². The zero-order valence-corrected chi connectivity index (χ0v) is 9.59. The maximum absolute atomic E-state index is 5.86. The average Bonchev–Trinajstić information content (AvgIpc) is 2.98. The third-order valence-corrected chi connectivity index (χ3v) is 2.68. The molecule has 0 fully saturated rings. The Morgan fingerprint density at radius 2 is 1.94 bits per heavy atom. The summed E-state index contributed by atoms with van der Waals surface area (Å²) in [6.45, 7) is 0. The van der Waals surface area contributed by atoms with Crippen molar-refractivity contribution in [3.8, 4) is 16.9 Å². The summed E-state index contributed by atoms with van der Waals surface area (Å²) in [5.74, 6) is 0.808. The number of aromatic nitrogens is 4. The Labute approximate surface area is 103 Å². The first-order valence-corrected chi connectivity index (χ1v) is 5.52. The molecule has 2 aromatic heterocycles. The zero-order chi connectivity index (χ0) is 11.7. The Morgan fingerprint density at radius 3 is 2.65 bits per heavy atom. The minimum atomic E-state index is 0.596. The van der Waals surface area contributed by atoms with Gasteiger partial charge >= 0.3 is 0 Å². The number of nitrogens with one attached hydrogen (secondary N) is 1. The van der Waals surface area contributed by atoms with Crippen molar-refractivity contribution in [1.82, 2.24) is 20.0 Å². The second-order valence-electron chi connectivity index (χ2n) is 3.60. The van der Waals surface area contributed by atoms with Crippen LogP contribution in [-0.4, -0.2) is 20.0 Å². The summed E-state index contributed by atoms with van der Waals surface area (Å²) in [7, 11) is 0. The standard InChI is InChI=1S/C12H9ClN4/c13-10-6-15-17(8-10)12-11(7-14-16-12)9-4-2-1-3-5-9/h1-8H,(H,14,16). The number of hydrogen-bond acceptors (Lipinski definition) is 2. The second-order valence-corrected chi connectivity index (χ2v) is 4.04. The van der Waals surface area contributed by atoms with Crippen LogP contribution in [0.5, 0.6) is 0 Å². The van der Waals surface area contributed by atoms with E-state index in [0.29, 0.717) is 5.02 Å². The van der Waals surface area contributed by atoms with Gasteiger partial charge in [0.05, 0.1) is 23.6 Å². The first-order chi connectivity index (χ1) is 8.34. The molecule has 0 spiro atoms. The summed E-state index contributed by atoms with van der Waals surface area (Å²) in [6, 6.07) is 10.0. The van der Waals surface area contributed by atoms with Crippen molar-refractivity contribution < 1.29 is 0 Å². The van der Waals surface area contributed by atoms with Gasteiger partial charge in [0.2, 0.25) is 0 Å². The van der Waals surface area contributed by atoms with Gasteiger partial charge in [0, 0.05) is 5.56 Å². The molecular formula is C12H9ClN4. The van der Waals surface area contributed by atoms with Crippen LogP contribution in [0.1, 0.15) is 0 Å². The van der Waals surface area contributed by atoms with Crippen LogP contribution in [0.2, 0.25) is 5.02 Å². The molecule has 4 nitrogen and oxygen atoms in total. The average molecular weight is 245 g/mol. The van der Waals surface area contributed by atoms with Crippen LogP contribution in [0.4, 0.5) is 0 Å². The molecule has 0 aliphatic rings. The molecule has 0 atom stereocenters. The Morgan fingerprint density at radius 1 is 1.12 bits per heavy atom. The third kappa shape index (κ3) is 1.83. The van der Waals surface area contributed by atoms with Crippen LogP contribution in [0, 0.1) is 0 Å². The van der Waals surface area contributed by atoms with Gasteiger partial charge in [-0.3, -0.25) is 5.10 Å². The molecule has 3 aromatic rings. The molecule has 1 N–H and O–H groups in total. The van der Waals surface area contributed by atoms with Gasteiger partial charge in [0.15, 0.2) is 5.82 Å². The molecule has 84 valence electrons. The van der Waals surface area contributed by atoms with E-state index in [9.17, 15) is 0 Å². The van der Waals surface area contributed by atoms with Crippen molar-refractivity contribution >= 4 is 11.6 Å². The van der Waals surface area contributed by atoms with Gasteiger partial charge in [-0.1, -0.05) is 41.9 Å². The Balaban J connectivity index is 2.12. The second kappa shape index (κ2) is 4.07. The van der Waals surface area contributed by atoms with Gasteiger partial charge in [-0.2, -0.15) is 10.2 Å².